The average molecular weight is 318 g/mol. The van der Waals surface area contributed by atoms with Gasteiger partial charge in [0.05, 0.1) is 6.61 Å². The topological polar surface area (TPSA) is 73.4 Å². The molecule has 1 aliphatic rings. The lowest BCUT2D eigenvalue weighted by molar-refractivity contribution is 0.0692. The molecule has 23 heavy (non-hydrogen) atoms. The number of piperidine rings is 1. The third kappa shape index (κ3) is 3.44. The molecule has 1 aliphatic heterocycles. The van der Waals surface area contributed by atoms with E-state index in [-0.39, 0.29) is 11.8 Å². The van der Waals surface area contributed by atoms with E-state index in [9.17, 15) is 4.79 Å². The Balaban J connectivity index is 1.71. The molecule has 2 aromatic heterocycles. The lowest BCUT2D eigenvalue weighted by Crippen LogP contribution is -2.40. The molecule has 2 aromatic rings. The van der Waals surface area contributed by atoms with Crippen molar-refractivity contribution >= 4 is 5.91 Å². The Morgan fingerprint density at radius 2 is 2.39 bits per heavy atom. The van der Waals surface area contributed by atoms with Crippen molar-refractivity contribution in [1.82, 2.24) is 19.6 Å². The number of methoxy groups -OCH3 is 1. The SMILES string of the molecule is COCCn1ccnc1C1CCCN(C(=O)c2cc(C)on2)C1. The summed E-state index contributed by atoms with van der Waals surface area (Å²) in [7, 11) is 1.69. The predicted molar refractivity (Wildman–Crippen MR) is 83.2 cm³/mol. The molecule has 0 N–H and O–H groups in total. The van der Waals surface area contributed by atoms with Crippen LogP contribution in [0.1, 0.15) is 40.8 Å². The summed E-state index contributed by atoms with van der Waals surface area (Å²) < 4.78 is 12.3. The van der Waals surface area contributed by atoms with Crippen molar-refractivity contribution in [3.05, 3.63) is 35.7 Å². The van der Waals surface area contributed by atoms with Gasteiger partial charge < -0.3 is 18.7 Å². The molecule has 0 saturated carbocycles. The van der Waals surface area contributed by atoms with Crippen LogP contribution in [-0.2, 0) is 11.3 Å². The summed E-state index contributed by atoms with van der Waals surface area (Å²) >= 11 is 0. The maximum absolute atomic E-state index is 12.5. The van der Waals surface area contributed by atoms with Gasteiger partial charge in [0.15, 0.2) is 5.69 Å². The lowest BCUT2D eigenvalue weighted by Gasteiger charge is -2.32. The molecule has 0 radical (unpaired) electrons. The number of aromatic nitrogens is 3. The largest absolute Gasteiger partial charge is 0.383 e. The summed E-state index contributed by atoms with van der Waals surface area (Å²) in [5.41, 5.74) is 0.380. The molecule has 3 rings (SSSR count). The van der Waals surface area contributed by atoms with Crippen molar-refractivity contribution < 1.29 is 14.1 Å². The Kier molecular flexibility index (Phi) is 4.76. The molecule has 3 heterocycles. The molecule has 1 fully saturated rings. The van der Waals surface area contributed by atoms with E-state index in [2.05, 4.69) is 14.7 Å². The van der Waals surface area contributed by atoms with E-state index in [0.29, 0.717) is 24.6 Å². The first kappa shape index (κ1) is 15.7. The van der Waals surface area contributed by atoms with Crippen molar-refractivity contribution in [3.8, 4) is 0 Å². The third-order valence-corrected chi connectivity index (χ3v) is 4.20. The zero-order chi connectivity index (χ0) is 16.2. The maximum Gasteiger partial charge on any atom is 0.276 e. The van der Waals surface area contributed by atoms with Crippen LogP contribution < -0.4 is 0 Å². The molecule has 0 aliphatic carbocycles. The number of hydrogen-bond donors (Lipinski definition) is 0. The van der Waals surface area contributed by atoms with Gasteiger partial charge in [-0.3, -0.25) is 4.79 Å². The second kappa shape index (κ2) is 6.95. The van der Waals surface area contributed by atoms with Crippen LogP contribution in [0.5, 0.6) is 0 Å². The summed E-state index contributed by atoms with van der Waals surface area (Å²) in [6, 6.07) is 1.69. The van der Waals surface area contributed by atoms with Gasteiger partial charge in [-0.1, -0.05) is 5.16 Å². The van der Waals surface area contributed by atoms with E-state index in [0.717, 1.165) is 31.8 Å². The average Bonchev–Trinajstić information content (AvgIpc) is 3.21. The first-order valence-corrected chi connectivity index (χ1v) is 7.91. The van der Waals surface area contributed by atoms with E-state index in [4.69, 9.17) is 9.26 Å². The van der Waals surface area contributed by atoms with Crippen molar-refractivity contribution in [3.63, 3.8) is 0 Å². The summed E-state index contributed by atoms with van der Waals surface area (Å²) in [5, 5.41) is 3.83. The molecule has 0 bridgehead atoms. The Morgan fingerprint density at radius 3 is 3.13 bits per heavy atom. The van der Waals surface area contributed by atoms with Gasteiger partial charge in [-0.05, 0) is 19.8 Å². The summed E-state index contributed by atoms with van der Waals surface area (Å²) in [6.07, 6.45) is 5.78. The fraction of sp³-hybridized carbons (Fsp3) is 0.562. The van der Waals surface area contributed by atoms with E-state index >= 15 is 0 Å². The molecule has 1 atom stereocenters. The van der Waals surface area contributed by atoms with Gasteiger partial charge >= 0.3 is 0 Å². The van der Waals surface area contributed by atoms with Gasteiger partial charge in [-0.15, -0.1) is 0 Å². The molecule has 7 nitrogen and oxygen atoms in total. The highest BCUT2D eigenvalue weighted by Crippen LogP contribution is 2.26. The molecule has 0 spiro atoms. The second-order valence-corrected chi connectivity index (χ2v) is 5.88. The highest BCUT2D eigenvalue weighted by Gasteiger charge is 2.29. The molecule has 124 valence electrons. The van der Waals surface area contributed by atoms with Crippen molar-refractivity contribution in [2.75, 3.05) is 26.8 Å². The smallest absolute Gasteiger partial charge is 0.276 e. The van der Waals surface area contributed by atoms with E-state index in [1.807, 2.05) is 17.3 Å². The van der Waals surface area contributed by atoms with Crippen LogP contribution in [0.15, 0.2) is 23.0 Å². The fourth-order valence-electron chi connectivity index (χ4n) is 3.06. The summed E-state index contributed by atoms with van der Waals surface area (Å²) in [5.74, 6) is 1.85. The molecule has 1 unspecified atom stereocenters. The van der Waals surface area contributed by atoms with Crippen LogP contribution in [-0.4, -0.2) is 52.3 Å². The monoisotopic (exact) mass is 318 g/mol. The van der Waals surface area contributed by atoms with E-state index in [1.165, 1.54) is 0 Å². The normalized spacial score (nSPS) is 18.3. The summed E-state index contributed by atoms with van der Waals surface area (Å²) in [6.45, 7) is 4.62. The number of imidazole rings is 1. The van der Waals surface area contributed by atoms with Crippen LogP contribution in [0.2, 0.25) is 0 Å². The number of aryl methyl sites for hydroxylation is 1. The molecular weight excluding hydrogens is 296 g/mol. The summed E-state index contributed by atoms with van der Waals surface area (Å²) in [4.78, 5) is 18.9. The number of rotatable bonds is 5. The molecular formula is C16H22N4O3. The molecule has 7 heteroatoms. The number of hydrogen-bond acceptors (Lipinski definition) is 5. The van der Waals surface area contributed by atoms with Crippen molar-refractivity contribution in [2.24, 2.45) is 0 Å². The fourth-order valence-corrected chi connectivity index (χ4v) is 3.06. The number of likely N-dealkylation sites (tertiary alicyclic amines) is 1. The lowest BCUT2D eigenvalue weighted by atomic mass is 9.97. The maximum atomic E-state index is 12.5. The quantitative estimate of drug-likeness (QED) is 0.841. The number of ether oxygens (including phenoxy) is 1. The minimum absolute atomic E-state index is 0.0680. The van der Waals surface area contributed by atoms with Gasteiger partial charge in [0, 0.05) is 51.1 Å². The zero-order valence-corrected chi connectivity index (χ0v) is 13.6. The first-order valence-electron chi connectivity index (χ1n) is 7.91. The Labute approximate surface area is 135 Å². The van der Waals surface area contributed by atoms with Crippen LogP contribution in [0, 0.1) is 6.92 Å². The molecule has 0 aromatic carbocycles. The van der Waals surface area contributed by atoms with E-state index in [1.54, 1.807) is 20.1 Å². The third-order valence-electron chi connectivity index (χ3n) is 4.20. The highest BCUT2D eigenvalue weighted by molar-refractivity contribution is 5.92. The predicted octanol–water partition coefficient (Wildman–Crippen LogP) is 1.85. The van der Waals surface area contributed by atoms with Crippen LogP contribution in [0.4, 0.5) is 0 Å². The standard InChI is InChI=1S/C16H22N4O3/c1-12-10-14(18-23-12)16(21)20-6-3-4-13(11-20)15-17-5-7-19(15)8-9-22-2/h5,7,10,13H,3-4,6,8-9,11H2,1-2H3. The van der Waals surface area contributed by atoms with Crippen LogP contribution in [0.25, 0.3) is 0 Å². The zero-order valence-electron chi connectivity index (χ0n) is 13.6. The van der Waals surface area contributed by atoms with E-state index < -0.39 is 0 Å². The van der Waals surface area contributed by atoms with Crippen LogP contribution >= 0.6 is 0 Å². The number of carbonyl (C=O) groups is 1. The van der Waals surface area contributed by atoms with Crippen molar-refractivity contribution in [1.29, 1.82) is 0 Å². The molecule has 1 saturated heterocycles. The first-order chi connectivity index (χ1) is 11.2. The Hall–Kier alpha value is -2.15. The highest BCUT2D eigenvalue weighted by atomic mass is 16.5. The van der Waals surface area contributed by atoms with Gasteiger partial charge in [0.25, 0.3) is 5.91 Å². The van der Waals surface area contributed by atoms with Gasteiger partial charge in [0.1, 0.15) is 11.6 Å². The van der Waals surface area contributed by atoms with Crippen molar-refractivity contribution in [2.45, 2.75) is 32.2 Å². The van der Waals surface area contributed by atoms with Gasteiger partial charge in [-0.25, -0.2) is 4.98 Å². The number of carbonyl (C=O) groups excluding carboxylic acids is 1. The Bertz CT molecular complexity index is 664. The van der Waals surface area contributed by atoms with Crippen LogP contribution in [0.3, 0.4) is 0 Å². The number of nitrogens with zero attached hydrogens (tertiary/aromatic N) is 4. The van der Waals surface area contributed by atoms with Gasteiger partial charge in [0.2, 0.25) is 0 Å². The minimum atomic E-state index is -0.0680. The second-order valence-electron chi connectivity index (χ2n) is 5.88. The Morgan fingerprint density at radius 1 is 1.52 bits per heavy atom. The number of amides is 1. The minimum Gasteiger partial charge on any atom is -0.383 e. The molecule has 1 amide bonds. The van der Waals surface area contributed by atoms with Gasteiger partial charge in [-0.2, -0.15) is 0 Å².